The fourth-order valence-corrected chi connectivity index (χ4v) is 2.00. The van der Waals surface area contributed by atoms with Crippen molar-refractivity contribution in [3.8, 4) is 0 Å². The van der Waals surface area contributed by atoms with E-state index in [1.54, 1.807) is 12.2 Å². The Kier molecular flexibility index (Phi) is 5.21. The second kappa shape index (κ2) is 6.29. The van der Waals surface area contributed by atoms with Crippen molar-refractivity contribution in [1.29, 1.82) is 0 Å². The van der Waals surface area contributed by atoms with Gasteiger partial charge < -0.3 is 26.0 Å². The molecule has 2 heterocycles. The molecule has 0 fully saturated rings. The molecule has 10 heteroatoms. The third kappa shape index (κ3) is 4.26. The molecule has 1 aliphatic rings. The third-order valence-electron chi connectivity index (χ3n) is 2.41. The second-order valence-electron chi connectivity index (χ2n) is 4.09. The Bertz CT molecular complexity index is 596. The number of aromatic nitrogens is 2. The summed E-state index contributed by atoms with van der Waals surface area (Å²) in [6.07, 6.45) is 3.66. The van der Waals surface area contributed by atoms with Gasteiger partial charge in [-0.15, -0.1) is 0 Å². The van der Waals surface area contributed by atoms with Gasteiger partial charge in [0, 0.05) is 12.9 Å². The predicted molar refractivity (Wildman–Crippen MR) is 72.7 cm³/mol. The van der Waals surface area contributed by atoms with Gasteiger partial charge in [0.05, 0.1) is 6.61 Å². The minimum atomic E-state index is -3.54. The number of hydrogen-bond acceptors (Lipinski definition) is 7. The molecule has 0 saturated heterocycles. The Morgan fingerprint density at radius 3 is 2.90 bits per heavy atom. The van der Waals surface area contributed by atoms with E-state index in [0.29, 0.717) is 0 Å². The Morgan fingerprint density at radius 1 is 1.60 bits per heavy atom. The smallest absolute Gasteiger partial charge is 0.351 e. The molecular formula is C10H17N4O5P. The van der Waals surface area contributed by atoms with Crippen molar-refractivity contribution in [2.45, 2.75) is 12.3 Å². The molecular weight excluding hydrogens is 287 g/mol. The van der Waals surface area contributed by atoms with Crippen LogP contribution in [0.1, 0.15) is 6.23 Å². The highest BCUT2D eigenvalue weighted by atomic mass is 31.2. The van der Waals surface area contributed by atoms with Crippen LogP contribution >= 0.6 is 7.60 Å². The van der Waals surface area contributed by atoms with E-state index >= 15 is 0 Å². The third-order valence-corrected chi connectivity index (χ3v) is 3.04. The molecule has 9 nitrogen and oxygen atoms in total. The summed E-state index contributed by atoms with van der Waals surface area (Å²) < 4.78 is 22.5. The van der Waals surface area contributed by atoms with Gasteiger partial charge >= 0.3 is 13.3 Å². The largest absolute Gasteiger partial charge is 0.383 e. The van der Waals surface area contributed by atoms with Gasteiger partial charge in [0.1, 0.15) is 11.9 Å². The fraction of sp³-hybridized carbons (Fsp3) is 0.400. The lowest BCUT2D eigenvalue weighted by molar-refractivity contribution is -0.00675. The zero-order chi connectivity index (χ0) is 14.0. The summed E-state index contributed by atoms with van der Waals surface area (Å²) in [6, 6.07) is 1.48. The van der Waals surface area contributed by atoms with Crippen LogP contribution in [0.15, 0.2) is 29.2 Å². The quantitative estimate of drug-likeness (QED) is 0.529. The molecule has 0 bridgehead atoms. The number of anilines is 1. The second-order valence-corrected chi connectivity index (χ2v) is 5.96. The van der Waals surface area contributed by atoms with Crippen molar-refractivity contribution in [3.63, 3.8) is 0 Å². The number of nitrogens with two attached hydrogens (primary N) is 1. The van der Waals surface area contributed by atoms with Gasteiger partial charge in [-0.05, 0) is 12.1 Å². The van der Waals surface area contributed by atoms with Crippen molar-refractivity contribution in [2.24, 2.45) is 0 Å². The molecule has 0 amide bonds. The maximum Gasteiger partial charge on any atom is 0.351 e. The van der Waals surface area contributed by atoms with E-state index in [4.69, 9.17) is 19.9 Å². The highest BCUT2D eigenvalue weighted by Crippen LogP contribution is 2.37. The van der Waals surface area contributed by atoms with Crippen molar-refractivity contribution >= 4 is 13.4 Å². The standard InChI is InChI=1S/C10H14N3O5P.H3N/c1-19(15,16)17-6-7-2-3-9(18-7)13-5-4-8(11)12-10(13)14;/h2-5,7,9H,6H2,1H3,(H,15,16)(H2,11,12,14);1H3. The Morgan fingerprint density at radius 2 is 2.30 bits per heavy atom. The summed E-state index contributed by atoms with van der Waals surface area (Å²) in [4.78, 5) is 24.2. The first kappa shape index (κ1) is 16.5. The van der Waals surface area contributed by atoms with Gasteiger partial charge in [0.2, 0.25) is 0 Å². The molecule has 1 aromatic rings. The summed E-state index contributed by atoms with van der Waals surface area (Å²) in [5.74, 6) is 0.135. The first-order valence-corrected chi connectivity index (χ1v) is 7.51. The van der Waals surface area contributed by atoms with E-state index in [9.17, 15) is 9.36 Å². The Hall–Kier alpha value is -1.51. The molecule has 3 unspecified atom stereocenters. The highest BCUT2D eigenvalue weighted by molar-refractivity contribution is 7.51. The molecule has 1 aromatic heterocycles. The minimum absolute atomic E-state index is 0. The van der Waals surface area contributed by atoms with E-state index in [1.165, 1.54) is 16.8 Å². The summed E-state index contributed by atoms with van der Waals surface area (Å²) >= 11 is 0. The lowest BCUT2D eigenvalue weighted by Gasteiger charge is -2.16. The Balaban J connectivity index is 0.00000200. The zero-order valence-corrected chi connectivity index (χ0v) is 11.8. The van der Waals surface area contributed by atoms with Crippen LogP contribution in [0.25, 0.3) is 0 Å². The van der Waals surface area contributed by atoms with Crippen LogP contribution in [0.5, 0.6) is 0 Å². The molecule has 20 heavy (non-hydrogen) atoms. The summed E-state index contributed by atoms with van der Waals surface area (Å²) in [5.41, 5.74) is 4.86. The summed E-state index contributed by atoms with van der Waals surface area (Å²) in [5, 5.41) is 0. The maximum atomic E-state index is 11.6. The van der Waals surface area contributed by atoms with Crippen LogP contribution in [0.3, 0.4) is 0 Å². The van der Waals surface area contributed by atoms with Gasteiger partial charge in [-0.25, -0.2) is 4.79 Å². The van der Waals surface area contributed by atoms with Crippen LogP contribution in [0.2, 0.25) is 0 Å². The summed E-state index contributed by atoms with van der Waals surface area (Å²) in [7, 11) is -3.54. The topological polar surface area (TPSA) is 152 Å². The molecule has 0 spiro atoms. The fourth-order valence-electron chi connectivity index (χ4n) is 1.57. The van der Waals surface area contributed by atoms with Gasteiger partial charge in [-0.3, -0.25) is 9.13 Å². The normalized spacial score (nSPS) is 24.1. The number of nitrogen functional groups attached to an aromatic ring is 1. The van der Waals surface area contributed by atoms with Crippen LogP contribution < -0.4 is 17.6 Å². The van der Waals surface area contributed by atoms with Gasteiger partial charge in [-0.2, -0.15) is 4.98 Å². The van der Waals surface area contributed by atoms with Crippen LogP contribution in [0.4, 0.5) is 5.82 Å². The lowest BCUT2D eigenvalue weighted by atomic mass is 10.4. The van der Waals surface area contributed by atoms with E-state index in [-0.39, 0.29) is 18.6 Å². The predicted octanol–water partition coefficient (Wildman–Crippen LogP) is 0.273. The first-order chi connectivity index (χ1) is 8.85. The number of hydrogen-bond donors (Lipinski definition) is 3. The minimum Gasteiger partial charge on any atom is -0.383 e. The first-order valence-electron chi connectivity index (χ1n) is 5.48. The average molecular weight is 304 g/mol. The van der Waals surface area contributed by atoms with Gasteiger partial charge in [-0.1, -0.05) is 6.08 Å². The van der Waals surface area contributed by atoms with Crippen LogP contribution in [-0.2, 0) is 13.8 Å². The molecule has 0 aromatic carbocycles. The van der Waals surface area contributed by atoms with Crippen molar-refractivity contribution in [2.75, 3.05) is 19.0 Å². The average Bonchev–Trinajstić information content (AvgIpc) is 2.74. The van der Waals surface area contributed by atoms with E-state index in [1.807, 2.05) is 0 Å². The highest BCUT2D eigenvalue weighted by Gasteiger charge is 2.23. The molecule has 3 atom stereocenters. The molecule has 2 rings (SSSR count). The van der Waals surface area contributed by atoms with Crippen LogP contribution in [-0.4, -0.2) is 33.8 Å². The van der Waals surface area contributed by atoms with Gasteiger partial charge in [0.15, 0.2) is 6.23 Å². The van der Waals surface area contributed by atoms with Crippen LogP contribution in [0, 0.1) is 0 Å². The van der Waals surface area contributed by atoms with E-state index in [2.05, 4.69) is 4.98 Å². The van der Waals surface area contributed by atoms with E-state index < -0.39 is 25.6 Å². The van der Waals surface area contributed by atoms with Crippen molar-refractivity contribution in [1.82, 2.24) is 15.7 Å². The molecule has 112 valence electrons. The zero-order valence-electron chi connectivity index (χ0n) is 10.9. The van der Waals surface area contributed by atoms with E-state index in [0.717, 1.165) is 6.66 Å². The van der Waals surface area contributed by atoms with Crippen molar-refractivity contribution < 1.29 is 18.7 Å². The molecule has 0 saturated carbocycles. The molecule has 1 aliphatic heterocycles. The molecule has 6 N–H and O–H groups in total. The monoisotopic (exact) mass is 304 g/mol. The summed E-state index contributed by atoms with van der Waals surface area (Å²) in [6.45, 7) is 1.03. The number of rotatable bonds is 4. The van der Waals surface area contributed by atoms with Gasteiger partial charge in [0.25, 0.3) is 0 Å². The maximum absolute atomic E-state index is 11.6. The van der Waals surface area contributed by atoms with Crippen molar-refractivity contribution in [3.05, 3.63) is 34.9 Å². The number of nitrogens with zero attached hydrogens (tertiary/aromatic N) is 2. The lowest BCUT2D eigenvalue weighted by Crippen LogP contribution is -2.28. The SMILES string of the molecule is CP(=O)(O)OCC1C=CC(n2ccc(N)nc2=O)O1.N. The molecule has 0 aliphatic carbocycles. The number of ether oxygens (including phenoxy) is 1. The molecule has 0 radical (unpaired) electrons. The Labute approximate surface area is 115 Å².